The van der Waals surface area contributed by atoms with Crippen LogP contribution in [0.25, 0.3) is 0 Å². The lowest BCUT2D eigenvalue weighted by molar-refractivity contribution is 0.0714. The van der Waals surface area contributed by atoms with Crippen molar-refractivity contribution < 1.29 is 4.74 Å². The quantitative estimate of drug-likeness (QED) is 0.641. The predicted octanol–water partition coefficient (Wildman–Crippen LogP) is 1.75. The molecule has 2 nitrogen and oxygen atoms in total. The maximum absolute atomic E-state index is 5.15. The molecule has 1 saturated heterocycles. The van der Waals surface area contributed by atoms with E-state index in [9.17, 15) is 0 Å². The number of rotatable bonds is 3. The lowest BCUT2D eigenvalue weighted by atomic mass is 9.99. The molecule has 1 rings (SSSR count). The van der Waals surface area contributed by atoms with Crippen LogP contribution in [-0.2, 0) is 4.74 Å². The van der Waals surface area contributed by atoms with E-state index in [2.05, 4.69) is 18.7 Å². The SMILES string of the molecule is COCC(C)N1CCC[C@@H](C)C1. The van der Waals surface area contributed by atoms with Crippen LogP contribution in [0.1, 0.15) is 26.7 Å². The van der Waals surface area contributed by atoms with Crippen LogP contribution in [0.4, 0.5) is 0 Å². The van der Waals surface area contributed by atoms with E-state index >= 15 is 0 Å². The van der Waals surface area contributed by atoms with Gasteiger partial charge >= 0.3 is 0 Å². The van der Waals surface area contributed by atoms with Crippen molar-refractivity contribution in [3.63, 3.8) is 0 Å². The zero-order chi connectivity index (χ0) is 8.97. The van der Waals surface area contributed by atoms with Crippen LogP contribution < -0.4 is 0 Å². The first-order valence-corrected chi connectivity index (χ1v) is 4.97. The Morgan fingerprint density at radius 1 is 1.58 bits per heavy atom. The van der Waals surface area contributed by atoms with E-state index in [0.29, 0.717) is 6.04 Å². The van der Waals surface area contributed by atoms with Crippen molar-refractivity contribution in [3.05, 3.63) is 0 Å². The second-order valence-electron chi connectivity index (χ2n) is 4.05. The summed E-state index contributed by atoms with van der Waals surface area (Å²) in [5, 5.41) is 0. The van der Waals surface area contributed by atoms with Crippen LogP contribution >= 0.6 is 0 Å². The number of hydrogen-bond acceptors (Lipinski definition) is 2. The molecule has 0 amide bonds. The Morgan fingerprint density at radius 2 is 2.33 bits per heavy atom. The van der Waals surface area contributed by atoms with Crippen molar-refractivity contribution in [2.24, 2.45) is 5.92 Å². The molecule has 1 unspecified atom stereocenters. The number of piperidine rings is 1. The fourth-order valence-corrected chi connectivity index (χ4v) is 1.97. The van der Waals surface area contributed by atoms with Gasteiger partial charge in [-0.2, -0.15) is 0 Å². The average Bonchev–Trinajstić information content (AvgIpc) is 2.05. The fraction of sp³-hybridized carbons (Fsp3) is 1.00. The molecule has 0 saturated carbocycles. The molecule has 0 aromatic heterocycles. The van der Waals surface area contributed by atoms with Gasteiger partial charge in [-0.25, -0.2) is 0 Å². The largest absolute Gasteiger partial charge is 0.383 e. The van der Waals surface area contributed by atoms with Crippen LogP contribution in [0.5, 0.6) is 0 Å². The van der Waals surface area contributed by atoms with Gasteiger partial charge in [0.05, 0.1) is 6.61 Å². The van der Waals surface area contributed by atoms with Crippen LogP contribution in [0, 0.1) is 5.92 Å². The van der Waals surface area contributed by atoms with Gasteiger partial charge in [0.1, 0.15) is 0 Å². The lowest BCUT2D eigenvalue weighted by Crippen LogP contribution is -2.42. The van der Waals surface area contributed by atoms with E-state index in [0.717, 1.165) is 12.5 Å². The molecule has 72 valence electrons. The Kier molecular flexibility index (Phi) is 4.02. The molecule has 2 heteroatoms. The second kappa shape index (κ2) is 4.83. The van der Waals surface area contributed by atoms with Crippen molar-refractivity contribution in [3.8, 4) is 0 Å². The maximum atomic E-state index is 5.15. The summed E-state index contributed by atoms with van der Waals surface area (Å²) < 4.78 is 5.15. The highest BCUT2D eigenvalue weighted by molar-refractivity contribution is 4.74. The second-order valence-corrected chi connectivity index (χ2v) is 4.05. The van der Waals surface area contributed by atoms with Crippen molar-refractivity contribution >= 4 is 0 Å². The molecule has 1 aliphatic rings. The number of hydrogen-bond donors (Lipinski definition) is 0. The van der Waals surface area contributed by atoms with E-state index in [1.165, 1.54) is 25.9 Å². The summed E-state index contributed by atoms with van der Waals surface area (Å²) in [5.41, 5.74) is 0. The molecule has 0 spiro atoms. The molecule has 0 aromatic rings. The van der Waals surface area contributed by atoms with Crippen molar-refractivity contribution in [2.75, 3.05) is 26.8 Å². The first kappa shape index (κ1) is 10.0. The first-order valence-electron chi connectivity index (χ1n) is 4.97. The van der Waals surface area contributed by atoms with E-state index in [-0.39, 0.29) is 0 Å². The minimum Gasteiger partial charge on any atom is -0.383 e. The number of methoxy groups -OCH3 is 1. The standard InChI is InChI=1S/C10H21NO/c1-9-5-4-6-11(7-9)10(2)8-12-3/h9-10H,4-8H2,1-3H3/t9-,10?/m1/s1. The molecule has 0 aromatic carbocycles. The summed E-state index contributed by atoms with van der Waals surface area (Å²) in [6, 6.07) is 0.595. The van der Waals surface area contributed by atoms with Crippen LogP contribution in [-0.4, -0.2) is 37.7 Å². The van der Waals surface area contributed by atoms with E-state index in [1.54, 1.807) is 7.11 Å². The summed E-state index contributed by atoms with van der Waals surface area (Å²) >= 11 is 0. The third kappa shape index (κ3) is 2.76. The zero-order valence-corrected chi connectivity index (χ0v) is 8.55. The summed E-state index contributed by atoms with van der Waals surface area (Å²) in [6.45, 7) is 7.97. The Labute approximate surface area is 75.9 Å². The highest BCUT2D eigenvalue weighted by atomic mass is 16.5. The summed E-state index contributed by atoms with van der Waals surface area (Å²) in [4.78, 5) is 2.54. The number of nitrogens with zero attached hydrogens (tertiary/aromatic N) is 1. The summed E-state index contributed by atoms with van der Waals surface area (Å²) in [5.74, 6) is 0.873. The van der Waals surface area contributed by atoms with Gasteiger partial charge in [0.25, 0.3) is 0 Å². The molecule has 0 radical (unpaired) electrons. The number of likely N-dealkylation sites (tertiary alicyclic amines) is 1. The van der Waals surface area contributed by atoms with Gasteiger partial charge in [0.2, 0.25) is 0 Å². The zero-order valence-electron chi connectivity index (χ0n) is 8.55. The fourth-order valence-electron chi connectivity index (χ4n) is 1.97. The van der Waals surface area contributed by atoms with Crippen molar-refractivity contribution in [1.29, 1.82) is 0 Å². The molecule has 12 heavy (non-hydrogen) atoms. The summed E-state index contributed by atoms with van der Waals surface area (Å²) in [7, 11) is 1.78. The minimum absolute atomic E-state index is 0.595. The number of ether oxygens (including phenoxy) is 1. The maximum Gasteiger partial charge on any atom is 0.0615 e. The van der Waals surface area contributed by atoms with Crippen LogP contribution in [0.2, 0.25) is 0 Å². The smallest absolute Gasteiger partial charge is 0.0615 e. The first-order chi connectivity index (χ1) is 5.74. The molecule has 2 atom stereocenters. The average molecular weight is 171 g/mol. The summed E-state index contributed by atoms with van der Waals surface area (Å²) in [6.07, 6.45) is 2.76. The van der Waals surface area contributed by atoms with Gasteiger partial charge < -0.3 is 4.74 Å². The van der Waals surface area contributed by atoms with Crippen molar-refractivity contribution in [1.82, 2.24) is 4.90 Å². The Hall–Kier alpha value is -0.0800. The molecular weight excluding hydrogens is 150 g/mol. The van der Waals surface area contributed by atoms with E-state index in [1.807, 2.05) is 0 Å². The third-order valence-electron chi connectivity index (χ3n) is 2.72. The molecule has 1 fully saturated rings. The molecule has 1 heterocycles. The Morgan fingerprint density at radius 3 is 2.92 bits per heavy atom. The predicted molar refractivity (Wildman–Crippen MR) is 51.3 cm³/mol. The van der Waals surface area contributed by atoms with Gasteiger partial charge in [0.15, 0.2) is 0 Å². The van der Waals surface area contributed by atoms with Gasteiger partial charge in [-0.1, -0.05) is 6.92 Å². The normalized spacial score (nSPS) is 28.8. The minimum atomic E-state index is 0.595. The molecule has 1 aliphatic heterocycles. The molecule has 0 aliphatic carbocycles. The van der Waals surface area contributed by atoms with Crippen molar-refractivity contribution in [2.45, 2.75) is 32.7 Å². The molecular formula is C10H21NO. The monoisotopic (exact) mass is 171 g/mol. The Bertz CT molecular complexity index is 127. The van der Waals surface area contributed by atoms with Crippen LogP contribution in [0.15, 0.2) is 0 Å². The topological polar surface area (TPSA) is 12.5 Å². The highest BCUT2D eigenvalue weighted by Gasteiger charge is 2.20. The highest BCUT2D eigenvalue weighted by Crippen LogP contribution is 2.17. The van der Waals surface area contributed by atoms with E-state index < -0.39 is 0 Å². The van der Waals surface area contributed by atoms with Gasteiger partial charge in [-0.15, -0.1) is 0 Å². The van der Waals surface area contributed by atoms with E-state index in [4.69, 9.17) is 4.74 Å². The van der Waals surface area contributed by atoms with Gasteiger partial charge in [-0.3, -0.25) is 4.90 Å². The lowest BCUT2D eigenvalue weighted by Gasteiger charge is -2.35. The van der Waals surface area contributed by atoms with Gasteiger partial charge in [0, 0.05) is 19.7 Å². The van der Waals surface area contributed by atoms with Gasteiger partial charge in [-0.05, 0) is 32.2 Å². The molecule has 0 N–H and O–H groups in total. The molecule has 0 bridgehead atoms. The third-order valence-corrected chi connectivity index (χ3v) is 2.72. The Balaban J connectivity index is 2.29. The van der Waals surface area contributed by atoms with Crippen LogP contribution in [0.3, 0.4) is 0 Å².